The number of anilines is 1. The molecule has 1 aliphatic carbocycles. The van der Waals surface area contributed by atoms with Crippen molar-refractivity contribution >= 4 is 33.2 Å². The van der Waals surface area contributed by atoms with Gasteiger partial charge in [0.25, 0.3) is 5.91 Å². The van der Waals surface area contributed by atoms with Gasteiger partial charge in [0.1, 0.15) is 5.69 Å². The summed E-state index contributed by atoms with van der Waals surface area (Å²) in [6, 6.07) is 8.27. The van der Waals surface area contributed by atoms with Gasteiger partial charge in [-0.2, -0.15) is 4.37 Å². The van der Waals surface area contributed by atoms with Gasteiger partial charge >= 0.3 is 0 Å². The third kappa shape index (κ3) is 3.28. The first kappa shape index (κ1) is 18.8. The molecule has 6 fully saturated rings. The monoisotopic (exact) mass is 437 g/mol. The number of hydrogen-bond donors (Lipinski definition) is 1. The normalized spacial score (nSPS) is 34.7. The van der Waals surface area contributed by atoms with Crippen molar-refractivity contribution < 1.29 is 4.79 Å². The topological polar surface area (TPSA) is 51.7 Å². The largest absolute Gasteiger partial charge is 0.366 e. The molecule has 4 bridgehead atoms. The maximum Gasteiger partial charge on any atom is 0.271 e. The van der Waals surface area contributed by atoms with E-state index < -0.39 is 0 Å². The number of likely N-dealkylation sites (tertiary alicyclic amines) is 1. The lowest BCUT2D eigenvalue weighted by Crippen LogP contribution is -2.57. The Morgan fingerprint density at radius 3 is 2.68 bits per heavy atom. The Balaban J connectivity index is 1.06. The van der Waals surface area contributed by atoms with Crippen LogP contribution in [0.5, 0.6) is 0 Å². The Labute approximate surface area is 187 Å². The molecule has 8 rings (SSSR count). The minimum absolute atomic E-state index is 0.00805. The molecule has 5 aliphatic heterocycles. The summed E-state index contributed by atoms with van der Waals surface area (Å²) in [4.78, 5) is 20.9. The van der Waals surface area contributed by atoms with Gasteiger partial charge in [-0.05, 0) is 86.8 Å². The molecule has 31 heavy (non-hydrogen) atoms. The van der Waals surface area contributed by atoms with Crippen molar-refractivity contribution in [2.24, 2.45) is 11.8 Å². The Bertz CT molecular complexity index is 1010. The quantitative estimate of drug-likeness (QED) is 0.780. The van der Waals surface area contributed by atoms with Crippen LogP contribution in [-0.2, 0) is 0 Å². The molecule has 1 aromatic carbocycles. The fourth-order valence-corrected chi connectivity index (χ4v) is 7.36. The van der Waals surface area contributed by atoms with E-state index in [9.17, 15) is 4.79 Å². The smallest absolute Gasteiger partial charge is 0.271 e. The van der Waals surface area contributed by atoms with Crippen LogP contribution in [0, 0.1) is 11.8 Å². The van der Waals surface area contributed by atoms with Crippen molar-refractivity contribution in [2.75, 3.05) is 44.2 Å². The number of nitrogens with one attached hydrogen (secondary N) is 1. The van der Waals surface area contributed by atoms with Crippen LogP contribution in [-0.4, -0.2) is 77.5 Å². The van der Waals surface area contributed by atoms with Crippen molar-refractivity contribution in [3.05, 3.63) is 23.9 Å². The minimum atomic E-state index is 0.00805. The predicted molar refractivity (Wildman–Crippen MR) is 124 cm³/mol. The van der Waals surface area contributed by atoms with Crippen molar-refractivity contribution in [1.82, 2.24) is 19.5 Å². The number of carbonyl (C=O) groups is 1. The average molecular weight is 438 g/mol. The molecule has 3 atom stereocenters. The lowest BCUT2D eigenvalue weighted by atomic mass is 9.84. The van der Waals surface area contributed by atoms with Gasteiger partial charge in [-0.25, -0.2) is 0 Å². The molecule has 0 unspecified atom stereocenters. The summed E-state index contributed by atoms with van der Waals surface area (Å²) in [5.41, 5.74) is 1.92. The Kier molecular flexibility index (Phi) is 4.35. The van der Waals surface area contributed by atoms with Gasteiger partial charge in [0, 0.05) is 55.4 Å². The number of hydrogen-bond acceptors (Lipinski definition) is 6. The van der Waals surface area contributed by atoms with Gasteiger partial charge in [0.2, 0.25) is 0 Å². The number of aromatic nitrogens is 1. The fourth-order valence-electron chi connectivity index (χ4n) is 6.56. The zero-order chi connectivity index (χ0) is 20.5. The van der Waals surface area contributed by atoms with E-state index in [0.717, 1.165) is 35.1 Å². The molecule has 6 nitrogen and oxygen atoms in total. The molecule has 0 spiro atoms. The molecule has 2 aromatic rings. The van der Waals surface area contributed by atoms with E-state index in [4.69, 9.17) is 0 Å². The minimum Gasteiger partial charge on any atom is -0.366 e. The summed E-state index contributed by atoms with van der Waals surface area (Å²) in [5.74, 6) is 1.62. The summed E-state index contributed by atoms with van der Waals surface area (Å²) < 4.78 is 5.71. The van der Waals surface area contributed by atoms with Gasteiger partial charge in [-0.15, -0.1) is 0 Å². The number of nitrogens with zero attached hydrogens (tertiary/aromatic N) is 4. The molecular formula is C24H31N5OS. The second kappa shape index (κ2) is 7.15. The average Bonchev–Trinajstić information content (AvgIpc) is 3.20. The molecular weight excluding hydrogens is 406 g/mol. The van der Waals surface area contributed by atoms with Gasteiger partial charge in [0.15, 0.2) is 0 Å². The molecule has 7 heteroatoms. The van der Waals surface area contributed by atoms with Crippen LogP contribution in [0.15, 0.2) is 18.2 Å². The van der Waals surface area contributed by atoms with Crippen LogP contribution in [0.4, 0.5) is 5.69 Å². The van der Waals surface area contributed by atoms with Crippen LogP contribution >= 0.6 is 11.5 Å². The number of piperidine rings is 3. The number of fused-ring (bicyclic) bond motifs is 6. The highest BCUT2D eigenvalue weighted by atomic mass is 32.1. The van der Waals surface area contributed by atoms with Crippen LogP contribution in [0.2, 0.25) is 0 Å². The van der Waals surface area contributed by atoms with E-state index in [1.54, 1.807) is 0 Å². The SMILES string of the molecule is O=C(N[C@@H]1CN2CCC1CC2)c1nsc2cc(N3C[C@@H]4C[C@H]3CN4CC3CC3)ccc12. The molecule has 1 amide bonds. The van der Waals surface area contributed by atoms with Crippen molar-refractivity contribution in [2.45, 2.75) is 50.2 Å². The van der Waals surface area contributed by atoms with Gasteiger partial charge in [-0.3, -0.25) is 9.69 Å². The van der Waals surface area contributed by atoms with Crippen LogP contribution < -0.4 is 10.2 Å². The number of benzene rings is 1. The highest BCUT2D eigenvalue weighted by molar-refractivity contribution is 7.13. The van der Waals surface area contributed by atoms with Crippen molar-refractivity contribution in [1.29, 1.82) is 0 Å². The summed E-state index contributed by atoms with van der Waals surface area (Å²) in [6.45, 7) is 7.06. The molecule has 1 saturated carbocycles. The first-order valence-corrected chi connectivity index (χ1v) is 12.9. The lowest BCUT2D eigenvalue weighted by molar-refractivity contribution is 0.0619. The third-order valence-electron chi connectivity index (χ3n) is 8.52. The lowest BCUT2D eigenvalue weighted by Gasteiger charge is -2.44. The molecule has 164 valence electrons. The van der Waals surface area contributed by atoms with E-state index in [2.05, 4.69) is 42.6 Å². The summed E-state index contributed by atoms with van der Waals surface area (Å²) in [5, 5.41) is 4.32. The molecule has 5 saturated heterocycles. The van der Waals surface area contributed by atoms with E-state index in [1.807, 2.05) is 0 Å². The van der Waals surface area contributed by atoms with Gasteiger partial charge in [0.05, 0.1) is 4.70 Å². The second-order valence-corrected chi connectivity index (χ2v) is 11.3. The molecule has 1 aromatic heterocycles. The maximum absolute atomic E-state index is 13.0. The Morgan fingerprint density at radius 2 is 1.97 bits per heavy atom. The number of rotatable bonds is 5. The first-order chi connectivity index (χ1) is 15.2. The van der Waals surface area contributed by atoms with E-state index in [1.165, 1.54) is 75.5 Å². The predicted octanol–water partition coefficient (Wildman–Crippen LogP) is 2.79. The second-order valence-electron chi connectivity index (χ2n) is 10.5. The van der Waals surface area contributed by atoms with Gasteiger partial charge in [-0.1, -0.05) is 0 Å². The molecule has 0 radical (unpaired) electrons. The Hall–Kier alpha value is -1.70. The molecule has 6 aliphatic rings. The standard InChI is InChI=1S/C24H31N5OS/c30-24(25-21-14-27-7-5-16(21)6-8-27)23-20-4-3-17(10-22(20)31-26-23)29-13-18-9-19(29)12-28(18)11-15-1-2-15/h3-4,10,15-16,18-19,21H,1-2,5-9,11-14H2,(H,25,30)/t18-,19-,21+/m0/s1. The van der Waals surface area contributed by atoms with E-state index in [-0.39, 0.29) is 11.9 Å². The summed E-state index contributed by atoms with van der Waals surface area (Å²) >= 11 is 1.47. The van der Waals surface area contributed by atoms with Crippen LogP contribution in [0.1, 0.15) is 42.6 Å². The van der Waals surface area contributed by atoms with Crippen LogP contribution in [0.25, 0.3) is 10.1 Å². The summed E-state index contributed by atoms with van der Waals surface area (Å²) in [7, 11) is 0. The highest BCUT2D eigenvalue weighted by Gasteiger charge is 2.44. The first-order valence-electron chi connectivity index (χ1n) is 12.1. The maximum atomic E-state index is 13.0. The third-order valence-corrected chi connectivity index (χ3v) is 9.33. The van der Waals surface area contributed by atoms with Crippen molar-refractivity contribution in [3.63, 3.8) is 0 Å². The zero-order valence-corrected chi connectivity index (χ0v) is 18.8. The molecule has 6 heterocycles. The zero-order valence-electron chi connectivity index (χ0n) is 18.0. The van der Waals surface area contributed by atoms with E-state index in [0.29, 0.717) is 17.7 Å². The van der Waals surface area contributed by atoms with E-state index >= 15 is 0 Å². The van der Waals surface area contributed by atoms with Gasteiger partial charge < -0.3 is 15.1 Å². The van der Waals surface area contributed by atoms with Crippen molar-refractivity contribution in [3.8, 4) is 0 Å². The summed E-state index contributed by atoms with van der Waals surface area (Å²) in [6.07, 6.45) is 6.61. The molecule has 1 N–H and O–H groups in total. The number of amides is 1. The Morgan fingerprint density at radius 1 is 1.10 bits per heavy atom. The highest BCUT2D eigenvalue weighted by Crippen LogP contribution is 2.39. The number of piperazine rings is 1. The number of carbonyl (C=O) groups excluding carboxylic acids is 1. The fraction of sp³-hybridized carbons (Fsp3) is 0.667. The van der Waals surface area contributed by atoms with Crippen LogP contribution in [0.3, 0.4) is 0 Å².